The van der Waals surface area contributed by atoms with E-state index < -0.39 is 0 Å². The summed E-state index contributed by atoms with van der Waals surface area (Å²) in [5, 5.41) is 3.07. The number of halogens is 1. The molecule has 110 valence electrons. The van der Waals surface area contributed by atoms with Gasteiger partial charge in [-0.05, 0) is 6.07 Å². The summed E-state index contributed by atoms with van der Waals surface area (Å²) in [5.41, 5.74) is 0.764. The molecule has 1 aliphatic heterocycles. The van der Waals surface area contributed by atoms with Gasteiger partial charge in [-0.2, -0.15) is 0 Å². The standard InChI is InChI=1S/C15H16BrN3OS/c16-13-4-2-1-3-12(13)14(20)11-18-6-8-19(9-7-18)15-17-5-10-21-15/h1-5,10H,6-9,11H2. The number of piperazine rings is 1. The lowest BCUT2D eigenvalue weighted by atomic mass is 10.1. The van der Waals surface area contributed by atoms with Crippen LogP contribution in [0.15, 0.2) is 40.3 Å². The Morgan fingerprint density at radius 1 is 1.24 bits per heavy atom. The Labute approximate surface area is 136 Å². The number of Topliss-reactive ketones (excluding diaryl/α,β-unsaturated/α-hetero) is 1. The summed E-state index contributed by atoms with van der Waals surface area (Å²) in [5.74, 6) is 0.171. The van der Waals surface area contributed by atoms with Crippen molar-refractivity contribution in [3.8, 4) is 0 Å². The highest BCUT2D eigenvalue weighted by Crippen LogP contribution is 2.20. The molecule has 1 aliphatic rings. The first-order valence-electron chi connectivity index (χ1n) is 6.88. The van der Waals surface area contributed by atoms with E-state index in [0.29, 0.717) is 6.54 Å². The van der Waals surface area contributed by atoms with Crippen molar-refractivity contribution in [1.29, 1.82) is 0 Å². The third-order valence-electron chi connectivity index (χ3n) is 3.60. The zero-order valence-corrected chi connectivity index (χ0v) is 13.9. The molecule has 0 atom stereocenters. The van der Waals surface area contributed by atoms with Gasteiger partial charge in [-0.15, -0.1) is 11.3 Å². The lowest BCUT2D eigenvalue weighted by Gasteiger charge is -2.34. The van der Waals surface area contributed by atoms with E-state index in [4.69, 9.17) is 0 Å². The number of carbonyl (C=O) groups excluding carboxylic acids is 1. The number of benzene rings is 1. The second-order valence-electron chi connectivity index (χ2n) is 4.98. The summed E-state index contributed by atoms with van der Waals surface area (Å²) in [6.45, 7) is 4.13. The Balaban J connectivity index is 1.56. The number of nitrogens with zero attached hydrogens (tertiary/aromatic N) is 3. The number of ketones is 1. The SMILES string of the molecule is O=C(CN1CCN(c2nccs2)CC1)c1ccccc1Br. The van der Waals surface area contributed by atoms with Crippen molar-refractivity contribution in [2.24, 2.45) is 0 Å². The van der Waals surface area contributed by atoms with E-state index in [1.807, 2.05) is 35.8 Å². The normalized spacial score (nSPS) is 16.1. The molecule has 1 aromatic carbocycles. The van der Waals surface area contributed by atoms with E-state index in [9.17, 15) is 4.79 Å². The molecule has 0 spiro atoms. The molecule has 0 aliphatic carbocycles. The first-order chi connectivity index (χ1) is 10.2. The van der Waals surface area contributed by atoms with Crippen LogP contribution in [0.5, 0.6) is 0 Å². The molecule has 0 saturated carbocycles. The van der Waals surface area contributed by atoms with Crippen LogP contribution < -0.4 is 4.90 Å². The topological polar surface area (TPSA) is 36.4 Å². The molecule has 3 rings (SSSR count). The molecule has 1 fully saturated rings. The Hall–Kier alpha value is -1.24. The van der Waals surface area contributed by atoms with Crippen LogP contribution in [0.1, 0.15) is 10.4 Å². The second-order valence-corrected chi connectivity index (χ2v) is 6.71. The van der Waals surface area contributed by atoms with Gasteiger partial charge in [0.05, 0.1) is 6.54 Å². The summed E-state index contributed by atoms with van der Waals surface area (Å²) in [6, 6.07) is 7.61. The highest BCUT2D eigenvalue weighted by Gasteiger charge is 2.21. The number of hydrogen-bond acceptors (Lipinski definition) is 5. The van der Waals surface area contributed by atoms with Crippen LogP contribution in [-0.2, 0) is 0 Å². The molecule has 1 saturated heterocycles. The van der Waals surface area contributed by atoms with Crippen molar-refractivity contribution in [3.63, 3.8) is 0 Å². The predicted molar refractivity (Wildman–Crippen MR) is 89.2 cm³/mol. The van der Waals surface area contributed by atoms with Crippen LogP contribution in [0.4, 0.5) is 5.13 Å². The maximum atomic E-state index is 12.3. The summed E-state index contributed by atoms with van der Waals surface area (Å²) in [7, 11) is 0. The van der Waals surface area contributed by atoms with Crippen LogP contribution in [0, 0.1) is 0 Å². The third kappa shape index (κ3) is 3.51. The zero-order valence-electron chi connectivity index (χ0n) is 11.5. The van der Waals surface area contributed by atoms with Crippen LogP contribution >= 0.6 is 27.3 Å². The summed E-state index contributed by atoms with van der Waals surface area (Å²) in [4.78, 5) is 21.2. The molecule has 0 bridgehead atoms. The van der Waals surface area contributed by atoms with Gasteiger partial charge in [0.15, 0.2) is 10.9 Å². The minimum Gasteiger partial charge on any atom is -0.346 e. The number of thiazole rings is 1. The van der Waals surface area contributed by atoms with E-state index >= 15 is 0 Å². The van der Waals surface area contributed by atoms with Gasteiger partial charge >= 0.3 is 0 Å². The summed E-state index contributed by atoms with van der Waals surface area (Å²) >= 11 is 5.11. The first-order valence-corrected chi connectivity index (χ1v) is 8.56. The Kier molecular flexibility index (Phi) is 4.67. The van der Waals surface area contributed by atoms with Crippen molar-refractivity contribution in [2.75, 3.05) is 37.6 Å². The Bertz CT molecular complexity index is 609. The summed E-state index contributed by atoms with van der Waals surface area (Å²) in [6.07, 6.45) is 1.84. The van der Waals surface area contributed by atoms with Gasteiger partial charge < -0.3 is 4.90 Å². The van der Waals surface area contributed by atoms with Gasteiger partial charge in [0.2, 0.25) is 0 Å². The number of carbonyl (C=O) groups is 1. The van der Waals surface area contributed by atoms with E-state index in [-0.39, 0.29) is 5.78 Å². The summed E-state index contributed by atoms with van der Waals surface area (Å²) < 4.78 is 0.872. The number of anilines is 1. The van der Waals surface area contributed by atoms with Crippen LogP contribution in [0.2, 0.25) is 0 Å². The van der Waals surface area contributed by atoms with E-state index in [1.165, 1.54) is 0 Å². The van der Waals surface area contributed by atoms with Crippen molar-refractivity contribution in [3.05, 3.63) is 45.9 Å². The van der Waals surface area contributed by atoms with E-state index in [2.05, 4.69) is 30.7 Å². The molecule has 0 amide bonds. The lowest BCUT2D eigenvalue weighted by molar-refractivity contribution is 0.0925. The Morgan fingerprint density at radius 3 is 2.67 bits per heavy atom. The van der Waals surface area contributed by atoms with Crippen molar-refractivity contribution in [1.82, 2.24) is 9.88 Å². The molecule has 2 aromatic rings. The highest BCUT2D eigenvalue weighted by atomic mass is 79.9. The van der Waals surface area contributed by atoms with Crippen molar-refractivity contribution >= 4 is 38.2 Å². The predicted octanol–water partition coefficient (Wildman–Crippen LogP) is 2.91. The largest absolute Gasteiger partial charge is 0.346 e. The lowest BCUT2D eigenvalue weighted by Crippen LogP contribution is -2.48. The fourth-order valence-electron chi connectivity index (χ4n) is 2.44. The van der Waals surface area contributed by atoms with Gasteiger partial charge in [0, 0.05) is 47.8 Å². The van der Waals surface area contributed by atoms with Gasteiger partial charge in [-0.25, -0.2) is 4.98 Å². The average molecular weight is 366 g/mol. The Morgan fingerprint density at radius 2 is 2.00 bits per heavy atom. The van der Waals surface area contributed by atoms with Gasteiger partial charge in [0.25, 0.3) is 0 Å². The molecule has 21 heavy (non-hydrogen) atoms. The fraction of sp³-hybridized carbons (Fsp3) is 0.333. The third-order valence-corrected chi connectivity index (χ3v) is 5.13. The number of hydrogen-bond donors (Lipinski definition) is 0. The maximum absolute atomic E-state index is 12.3. The molecular weight excluding hydrogens is 350 g/mol. The fourth-order valence-corrected chi connectivity index (χ4v) is 3.65. The number of aromatic nitrogens is 1. The molecule has 2 heterocycles. The van der Waals surface area contributed by atoms with Crippen LogP contribution in [0.25, 0.3) is 0 Å². The molecular formula is C15H16BrN3OS. The maximum Gasteiger partial charge on any atom is 0.185 e. The number of rotatable bonds is 4. The van der Waals surface area contributed by atoms with E-state index in [1.54, 1.807) is 11.3 Å². The van der Waals surface area contributed by atoms with Gasteiger partial charge in [-0.3, -0.25) is 9.69 Å². The van der Waals surface area contributed by atoms with Crippen molar-refractivity contribution < 1.29 is 4.79 Å². The van der Waals surface area contributed by atoms with Gasteiger partial charge in [-0.1, -0.05) is 34.1 Å². The van der Waals surface area contributed by atoms with Crippen molar-refractivity contribution in [2.45, 2.75) is 0 Å². The van der Waals surface area contributed by atoms with Crippen LogP contribution in [0.3, 0.4) is 0 Å². The van der Waals surface area contributed by atoms with Crippen LogP contribution in [-0.4, -0.2) is 48.4 Å². The minimum atomic E-state index is 0.171. The molecule has 0 radical (unpaired) electrons. The zero-order chi connectivity index (χ0) is 14.7. The van der Waals surface area contributed by atoms with E-state index in [0.717, 1.165) is 41.3 Å². The van der Waals surface area contributed by atoms with Gasteiger partial charge in [0.1, 0.15) is 0 Å². The monoisotopic (exact) mass is 365 g/mol. The molecule has 1 aromatic heterocycles. The quantitative estimate of drug-likeness (QED) is 0.780. The minimum absolute atomic E-state index is 0.171. The molecule has 6 heteroatoms. The smallest absolute Gasteiger partial charge is 0.185 e. The molecule has 0 unspecified atom stereocenters. The average Bonchev–Trinajstić information content (AvgIpc) is 3.02. The highest BCUT2D eigenvalue weighted by molar-refractivity contribution is 9.10. The first kappa shape index (κ1) is 14.7. The molecule has 0 N–H and O–H groups in total. The second kappa shape index (κ2) is 6.68. The molecule has 4 nitrogen and oxygen atoms in total.